The van der Waals surface area contributed by atoms with Gasteiger partial charge in [-0.2, -0.15) is 0 Å². The lowest BCUT2D eigenvalue weighted by Gasteiger charge is -2.06. The molecule has 24 heavy (non-hydrogen) atoms. The topological polar surface area (TPSA) is 86.2 Å². The summed E-state index contributed by atoms with van der Waals surface area (Å²) < 4.78 is 42.0. The first-order chi connectivity index (χ1) is 11.3. The molecule has 0 spiro atoms. The summed E-state index contributed by atoms with van der Waals surface area (Å²) in [6.07, 6.45) is 0. The molecule has 3 aromatic rings. The van der Waals surface area contributed by atoms with Gasteiger partial charge in [0.25, 0.3) is 0 Å². The van der Waals surface area contributed by atoms with Gasteiger partial charge in [-0.15, -0.1) is 0 Å². The maximum Gasteiger partial charge on any atom is 0.240 e. The maximum atomic E-state index is 14.1. The molecule has 0 saturated heterocycles. The van der Waals surface area contributed by atoms with Gasteiger partial charge in [0, 0.05) is 10.6 Å². The van der Waals surface area contributed by atoms with Crippen LogP contribution in [0.3, 0.4) is 0 Å². The summed E-state index contributed by atoms with van der Waals surface area (Å²) in [5.74, 6) is -0.472. The van der Waals surface area contributed by atoms with Crippen molar-refractivity contribution in [1.82, 2.24) is 5.16 Å². The third-order valence-electron chi connectivity index (χ3n) is 3.49. The number of primary sulfonamides is 1. The molecule has 0 unspecified atom stereocenters. The van der Waals surface area contributed by atoms with Crippen molar-refractivity contribution in [2.45, 2.75) is 11.8 Å². The number of benzene rings is 2. The quantitative estimate of drug-likeness (QED) is 0.764. The second-order valence-corrected chi connectivity index (χ2v) is 7.13. The average molecular weight is 367 g/mol. The summed E-state index contributed by atoms with van der Waals surface area (Å²) in [7, 11) is -4.13. The highest BCUT2D eigenvalue weighted by molar-refractivity contribution is 7.89. The van der Waals surface area contributed by atoms with Crippen molar-refractivity contribution in [3.63, 3.8) is 0 Å². The van der Waals surface area contributed by atoms with Gasteiger partial charge in [-0.25, -0.2) is 17.9 Å². The molecule has 2 N–H and O–H groups in total. The lowest BCUT2D eigenvalue weighted by atomic mass is 9.99. The molecule has 1 aromatic heterocycles. The first-order valence-electron chi connectivity index (χ1n) is 6.82. The van der Waals surface area contributed by atoms with Crippen LogP contribution in [-0.4, -0.2) is 13.6 Å². The number of nitrogens with zero attached hydrogens (tertiary/aromatic N) is 1. The molecule has 0 saturated carbocycles. The molecule has 0 radical (unpaired) electrons. The van der Waals surface area contributed by atoms with Crippen LogP contribution in [0.4, 0.5) is 4.39 Å². The van der Waals surface area contributed by atoms with Crippen LogP contribution in [0.2, 0.25) is 5.02 Å². The Hall–Kier alpha value is -2.22. The molecule has 3 rings (SSSR count). The van der Waals surface area contributed by atoms with Crippen molar-refractivity contribution < 1.29 is 17.3 Å². The number of hydrogen-bond acceptors (Lipinski definition) is 4. The van der Waals surface area contributed by atoms with Crippen molar-refractivity contribution in [3.8, 4) is 22.4 Å². The third kappa shape index (κ3) is 3.06. The first-order valence-corrected chi connectivity index (χ1v) is 8.75. The van der Waals surface area contributed by atoms with E-state index in [1.807, 2.05) is 0 Å². The molecule has 8 heteroatoms. The highest BCUT2D eigenvalue weighted by Gasteiger charge is 2.20. The highest BCUT2D eigenvalue weighted by Crippen LogP contribution is 2.36. The largest absolute Gasteiger partial charge is 0.360 e. The molecule has 124 valence electrons. The minimum Gasteiger partial charge on any atom is -0.360 e. The zero-order valence-corrected chi connectivity index (χ0v) is 14.0. The average Bonchev–Trinajstić information content (AvgIpc) is 2.87. The number of halogens is 2. The van der Waals surface area contributed by atoms with E-state index in [4.69, 9.17) is 21.3 Å². The predicted molar refractivity (Wildman–Crippen MR) is 88.5 cm³/mol. The molecule has 0 amide bonds. The SMILES string of the molecule is Cc1onc(-c2cccc(Cl)c2)c1-c1ccc(S(N)(=O)=O)c(F)c1. The molecule has 0 atom stereocenters. The fourth-order valence-electron chi connectivity index (χ4n) is 2.43. The second-order valence-electron chi connectivity index (χ2n) is 5.16. The van der Waals surface area contributed by atoms with Gasteiger partial charge in [-0.05, 0) is 36.8 Å². The Bertz CT molecular complexity index is 1030. The molecule has 0 aliphatic carbocycles. The van der Waals surface area contributed by atoms with Crippen LogP contribution in [-0.2, 0) is 10.0 Å². The Morgan fingerprint density at radius 2 is 1.92 bits per heavy atom. The Kier molecular flexibility index (Phi) is 4.16. The molecule has 0 bridgehead atoms. The number of aryl methyl sites for hydroxylation is 1. The molecular weight excluding hydrogens is 355 g/mol. The fourth-order valence-corrected chi connectivity index (χ4v) is 3.21. The highest BCUT2D eigenvalue weighted by atomic mass is 35.5. The number of nitrogens with two attached hydrogens (primary N) is 1. The summed E-state index contributed by atoms with van der Waals surface area (Å²) in [6, 6.07) is 10.6. The molecule has 0 fully saturated rings. The van der Waals surface area contributed by atoms with Crippen LogP contribution >= 0.6 is 11.6 Å². The normalized spacial score (nSPS) is 11.7. The summed E-state index contributed by atoms with van der Waals surface area (Å²) in [5, 5.41) is 9.51. The van der Waals surface area contributed by atoms with Crippen LogP contribution in [0, 0.1) is 12.7 Å². The standard InChI is InChI=1S/C16H12ClFN2O3S/c1-9-15(10-5-6-14(13(18)8-10)24(19,21)22)16(20-23-9)11-3-2-4-12(17)7-11/h2-8H,1H3,(H2,19,21,22). The van der Waals surface area contributed by atoms with Crippen molar-refractivity contribution in [2.24, 2.45) is 5.14 Å². The fraction of sp³-hybridized carbons (Fsp3) is 0.0625. The van der Waals surface area contributed by atoms with E-state index >= 15 is 0 Å². The summed E-state index contributed by atoms with van der Waals surface area (Å²) >= 11 is 6.00. The van der Waals surface area contributed by atoms with Crippen molar-refractivity contribution in [2.75, 3.05) is 0 Å². The van der Waals surface area contributed by atoms with Gasteiger partial charge in [0.15, 0.2) is 0 Å². The lowest BCUT2D eigenvalue weighted by molar-refractivity contribution is 0.400. The monoisotopic (exact) mass is 366 g/mol. The van der Waals surface area contributed by atoms with Crippen molar-refractivity contribution >= 4 is 21.6 Å². The minimum absolute atomic E-state index is 0.425. The Balaban J connectivity index is 2.18. The molecule has 1 heterocycles. The van der Waals surface area contributed by atoms with Gasteiger partial charge in [0.1, 0.15) is 22.2 Å². The summed E-state index contributed by atoms with van der Waals surface area (Å²) in [6.45, 7) is 1.68. The molecule has 5 nitrogen and oxygen atoms in total. The van der Waals surface area contributed by atoms with Crippen LogP contribution < -0.4 is 5.14 Å². The van der Waals surface area contributed by atoms with Crippen LogP contribution in [0.1, 0.15) is 5.76 Å². The number of hydrogen-bond donors (Lipinski definition) is 1. The maximum absolute atomic E-state index is 14.1. The van der Waals surface area contributed by atoms with E-state index in [2.05, 4.69) is 5.16 Å². The molecular formula is C16H12ClFN2O3S. The van der Waals surface area contributed by atoms with E-state index in [9.17, 15) is 12.8 Å². The van der Waals surface area contributed by atoms with Crippen molar-refractivity contribution in [3.05, 3.63) is 59.1 Å². The minimum atomic E-state index is -4.13. The molecule has 0 aliphatic rings. The van der Waals surface area contributed by atoms with E-state index in [0.29, 0.717) is 33.2 Å². The second kappa shape index (κ2) is 6.01. The summed E-state index contributed by atoms with van der Waals surface area (Å²) in [5.41, 5.74) is 2.16. The smallest absolute Gasteiger partial charge is 0.240 e. The molecule has 0 aliphatic heterocycles. The zero-order valence-electron chi connectivity index (χ0n) is 12.5. The van der Waals surface area contributed by atoms with Gasteiger partial charge >= 0.3 is 0 Å². The van der Waals surface area contributed by atoms with Gasteiger partial charge in [-0.1, -0.05) is 35.0 Å². The first kappa shape index (κ1) is 16.6. The van der Waals surface area contributed by atoms with E-state index in [1.165, 1.54) is 6.07 Å². The zero-order chi connectivity index (χ0) is 17.5. The van der Waals surface area contributed by atoms with Crippen LogP contribution in [0.15, 0.2) is 51.9 Å². The lowest BCUT2D eigenvalue weighted by Crippen LogP contribution is -2.13. The number of rotatable bonds is 3. The predicted octanol–water partition coefficient (Wildman–Crippen LogP) is 3.76. The number of sulfonamides is 1. The van der Waals surface area contributed by atoms with E-state index in [1.54, 1.807) is 31.2 Å². The summed E-state index contributed by atoms with van der Waals surface area (Å²) in [4.78, 5) is -0.565. The Morgan fingerprint density at radius 1 is 1.17 bits per heavy atom. The van der Waals surface area contributed by atoms with Crippen LogP contribution in [0.25, 0.3) is 22.4 Å². The molecule has 2 aromatic carbocycles. The van der Waals surface area contributed by atoms with E-state index in [-0.39, 0.29) is 0 Å². The van der Waals surface area contributed by atoms with Crippen molar-refractivity contribution in [1.29, 1.82) is 0 Å². The Labute approximate surface area is 142 Å². The number of aromatic nitrogens is 1. The van der Waals surface area contributed by atoms with E-state index in [0.717, 1.165) is 12.1 Å². The van der Waals surface area contributed by atoms with Gasteiger partial charge in [0.05, 0.1) is 5.56 Å². The third-order valence-corrected chi connectivity index (χ3v) is 4.67. The van der Waals surface area contributed by atoms with E-state index < -0.39 is 20.7 Å². The Morgan fingerprint density at radius 3 is 2.54 bits per heavy atom. The van der Waals surface area contributed by atoms with Gasteiger partial charge in [-0.3, -0.25) is 0 Å². The van der Waals surface area contributed by atoms with Gasteiger partial charge < -0.3 is 4.52 Å². The van der Waals surface area contributed by atoms with Crippen LogP contribution in [0.5, 0.6) is 0 Å². The van der Waals surface area contributed by atoms with Gasteiger partial charge in [0.2, 0.25) is 10.0 Å².